The lowest BCUT2D eigenvalue weighted by Crippen LogP contribution is -2.37. The van der Waals surface area contributed by atoms with Gasteiger partial charge >= 0.3 is 12.0 Å². The Kier molecular flexibility index (Phi) is 3.67. The zero-order chi connectivity index (χ0) is 14.9. The summed E-state index contributed by atoms with van der Waals surface area (Å²) in [5, 5.41) is 21.7. The molecular formula is C14H18N2O4. The molecule has 1 aromatic carbocycles. The normalized spacial score (nSPS) is 21.9. The van der Waals surface area contributed by atoms with Crippen LogP contribution in [0.4, 0.5) is 10.5 Å². The van der Waals surface area contributed by atoms with Crippen LogP contribution in [0.2, 0.25) is 0 Å². The number of aryl methyl sites for hydroxylation is 1. The number of hydrogen-bond donors (Lipinski definition) is 3. The van der Waals surface area contributed by atoms with Crippen LogP contribution in [0.25, 0.3) is 0 Å². The number of anilines is 1. The summed E-state index contributed by atoms with van der Waals surface area (Å²) in [5.74, 6) is -1.08. The van der Waals surface area contributed by atoms with Crippen molar-refractivity contribution in [3.63, 3.8) is 0 Å². The maximum absolute atomic E-state index is 12.1. The largest absolute Gasteiger partial charge is 0.478 e. The van der Waals surface area contributed by atoms with E-state index in [-0.39, 0.29) is 17.8 Å². The smallest absolute Gasteiger partial charge is 0.338 e. The second kappa shape index (κ2) is 5.13. The minimum Gasteiger partial charge on any atom is -0.478 e. The molecule has 2 amide bonds. The van der Waals surface area contributed by atoms with Crippen molar-refractivity contribution in [1.82, 2.24) is 4.90 Å². The number of carbonyl (C=O) groups excluding carboxylic acids is 1. The third-order valence-corrected chi connectivity index (χ3v) is 3.47. The quantitative estimate of drug-likeness (QED) is 0.767. The van der Waals surface area contributed by atoms with Crippen molar-refractivity contribution in [3.8, 4) is 0 Å². The van der Waals surface area contributed by atoms with Crippen molar-refractivity contribution in [2.24, 2.45) is 0 Å². The van der Waals surface area contributed by atoms with E-state index < -0.39 is 17.6 Å². The summed E-state index contributed by atoms with van der Waals surface area (Å²) >= 11 is 0. The Labute approximate surface area is 117 Å². The third-order valence-electron chi connectivity index (χ3n) is 3.47. The molecule has 6 heteroatoms. The number of β-amino-alcohol motifs (C(OH)–C–C–N with tert-alkyl or cyclic N) is 1. The van der Waals surface area contributed by atoms with Gasteiger partial charge in [-0.1, -0.05) is 12.1 Å². The molecule has 20 heavy (non-hydrogen) atoms. The average Bonchev–Trinajstić information content (AvgIpc) is 2.69. The van der Waals surface area contributed by atoms with E-state index >= 15 is 0 Å². The van der Waals surface area contributed by atoms with Crippen LogP contribution >= 0.6 is 0 Å². The van der Waals surface area contributed by atoms with Gasteiger partial charge in [0.25, 0.3) is 0 Å². The molecule has 0 aromatic heterocycles. The van der Waals surface area contributed by atoms with E-state index in [4.69, 9.17) is 0 Å². The number of carbonyl (C=O) groups is 2. The first kappa shape index (κ1) is 14.3. The van der Waals surface area contributed by atoms with Gasteiger partial charge in [0.2, 0.25) is 0 Å². The molecule has 108 valence electrons. The van der Waals surface area contributed by atoms with E-state index in [9.17, 15) is 19.8 Å². The molecule has 1 fully saturated rings. The fraction of sp³-hybridized carbons (Fsp3) is 0.429. The van der Waals surface area contributed by atoms with Crippen LogP contribution in [0.3, 0.4) is 0 Å². The number of aromatic carboxylic acids is 1. The molecule has 0 spiro atoms. The first-order valence-electron chi connectivity index (χ1n) is 6.41. The van der Waals surface area contributed by atoms with Crippen LogP contribution in [0.1, 0.15) is 29.3 Å². The summed E-state index contributed by atoms with van der Waals surface area (Å²) < 4.78 is 0. The lowest BCUT2D eigenvalue weighted by molar-refractivity contribution is 0.0694. The van der Waals surface area contributed by atoms with E-state index in [1.807, 2.05) is 0 Å². The highest BCUT2D eigenvalue weighted by molar-refractivity contribution is 6.01. The minimum absolute atomic E-state index is 0.0896. The van der Waals surface area contributed by atoms with Gasteiger partial charge in [0.1, 0.15) is 0 Å². The molecule has 1 aromatic rings. The van der Waals surface area contributed by atoms with Gasteiger partial charge in [0.15, 0.2) is 0 Å². The topological polar surface area (TPSA) is 89.9 Å². The van der Waals surface area contributed by atoms with Gasteiger partial charge in [-0.15, -0.1) is 0 Å². The summed E-state index contributed by atoms with van der Waals surface area (Å²) in [6.45, 7) is 4.05. The van der Waals surface area contributed by atoms with E-state index in [2.05, 4.69) is 5.32 Å². The monoisotopic (exact) mass is 278 g/mol. The number of nitrogens with one attached hydrogen (secondary N) is 1. The van der Waals surface area contributed by atoms with Crippen molar-refractivity contribution < 1.29 is 19.8 Å². The molecule has 0 radical (unpaired) electrons. The minimum atomic E-state index is -1.08. The number of carboxylic acids is 1. The lowest BCUT2D eigenvalue weighted by Gasteiger charge is -2.20. The van der Waals surface area contributed by atoms with Crippen LogP contribution in [0.15, 0.2) is 18.2 Å². The number of nitrogens with zero attached hydrogens (tertiary/aromatic N) is 1. The fourth-order valence-electron chi connectivity index (χ4n) is 2.37. The Hall–Kier alpha value is -2.08. The zero-order valence-corrected chi connectivity index (χ0v) is 11.5. The van der Waals surface area contributed by atoms with Crippen molar-refractivity contribution in [1.29, 1.82) is 0 Å². The number of amides is 2. The fourth-order valence-corrected chi connectivity index (χ4v) is 2.37. The van der Waals surface area contributed by atoms with Crippen LogP contribution in [0.5, 0.6) is 0 Å². The van der Waals surface area contributed by atoms with Gasteiger partial charge in [0, 0.05) is 6.54 Å². The number of carboxylic acid groups (broad SMARTS) is 1. The van der Waals surface area contributed by atoms with Gasteiger partial charge in [0.05, 0.1) is 23.4 Å². The average molecular weight is 278 g/mol. The van der Waals surface area contributed by atoms with Crippen LogP contribution in [-0.2, 0) is 0 Å². The molecular weight excluding hydrogens is 260 g/mol. The second-order valence-corrected chi connectivity index (χ2v) is 5.40. The molecule has 0 saturated carbocycles. The van der Waals surface area contributed by atoms with Crippen molar-refractivity contribution in [2.45, 2.75) is 25.9 Å². The van der Waals surface area contributed by atoms with Crippen LogP contribution < -0.4 is 5.32 Å². The second-order valence-electron chi connectivity index (χ2n) is 5.40. The summed E-state index contributed by atoms with van der Waals surface area (Å²) in [6, 6.07) is 4.54. The summed E-state index contributed by atoms with van der Waals surface area (Å²) in [7, 11) is 0. The predicted molar refractivity (Wildman–Crippen MR) is 74.0 cm³/mol. The van der Waals surface area contributed by atoms with Crippen molar-refractivity contribution >= 4 is 17.7 Å². The van der Waals surface area contributed by atoms with Crippen LogP contribution in [0, 0.1) is 6.92 Å². The van der Waals surface area contributed by atoms with Crippen molar-refractivity contribution in [3.05, 3.63) is 29.3 Å². The Morgan fingerprint density at radius 3 is 2.65 bits per heavy atom. The summed E-state index contributed by atoms with van der Waals surface area (Å²) in [6.07, 6.45) is 0.514. The Bertz CT molecular complexity index is 554. The number of likely N-dealkylation sites (tertiary alicyclic amines) is 1. The van der Waals surface area contributed by atoms with Crippen molar-refractivity contribution in [2.75, 3.05) is 18.4 Å². The molecule has 6 nitrogen and oxygen atoms in total. The maximum Gasteiger partial charge on any atom is 0.338 e. The molecule has 0 aliphatic carbocycles. The van der Waals surface area contributed by atoms with Gasteiger partial charge < -0.3 is 20.4 Å². The molecule has 1 saturated heterocycles. The number of aliphatic hydroxyl groups is 1. The molecule has 3 N–H and O–H groups in total. The predicted octanol–water partition coefficient (Wildman–Crippen LogP) is 1.68. The number of urea groups is 1. The lowest BCUT2D eigenvalue weighted by atomic mass is 10.1. The first-order chi connectivity index (χ1) is 9.30. The summed E-state index contributed by atoms with van der Waals surface area (Å²) in [4.78, 5) is 24.8. The van der Waals surface area contributed by atoms with Gasteiger partial charge in [-0.2, -0.15) is 0 Å². The maximum atomic E-state index is 12.1. The number of rotatable bonds is 2. The van der Waals surface area contributed by atoms with Gasteiger partial charge in [-0.3, -0.25) is 0 Å². The van der Waals surface area contributed by atoms with E-state index in [1.54, 1.807) is 32.0 Å². The standard InChI is InChI=1S/C14H18N2O4/c1-9-4-3-5-10(11(9)12(17)18)15-13(19)16-7-6-14(2,20)8-16/h3-5,20H,6-8H2,1-2H3,(H,15,19)(H,17,18). The Morgan fingerprint density at radius 2 is 2.10 bits per heavy atom. The SMILES string of the molecule is Cc1cccc(NC(=O)N2CCC(C)(O)C2)c1C(=O)O. The van der Waals surface area contributed by atoms with Crippen LogP contribution in [-0.4, -0.2) is 45.8 Å². The third kappa shape index (κ3) is 2.91. The number of benzene rings is 1. The number of hydrogen-bond acceptors (Lipinski definition) is 3. The highest BCUT2D eigenvalue weighted by Crippen LogP contribution is 2.23. The van der Waals surface area contributed by atoms with Gasteiger partial charge in [-0.25, -0.2) is 9.59 Å². The first-order valence-corrected chi connectivity index (χ1v) is 6.41. The molecule has 2 rings (SSSR count). The Morgan fingerprint density at radius 1 is 1.40 bits per heavy atom. The molecule has 1 aliphatic rings. The molecule has 1 atom stereocenters. The highest BCUT2D eigenvalue weighted by atomic mass is 16.4. The van der Waals surface area contributed by atoms with Gasteiger partial charge in [-0.05, 0) is 31.9 Å². The molecule has 1 heterocycles. The molecule has 0 bridgehead atoms. The zero-order valence-electron chi connectivity index (χ0n) is 11.5. The molecule has 1 unspecified atom stereocenters. The van der Waals surface area contributed by atoms with E-state index in [0.29, 0.717) is 18.5 Å². The van der Waals surface area contributed by atoms with E-state index in [1.165, 1.54) is 4.90 Å². The molecule has 1 aliphatic heterocycles. The highest BCUT2D eigenvalue weighted by Gasteiger charge is 2.34. The van der Waals surface area contributed by atoms with E-state index in [0.717, 1.165) is 0 Å². The summed E-state index contributed by atoms with van der Waals surface area (Å²) in [5.41, 5.74) is 0.0733. The Balaban J connectivity index is 2.17.